The first kappa shape index (κ1) is 24.1. The molecule has 2 heterocycles. The molecule has 0 aromatic heterocycles. The number of ether oxygens (including phenoxy) is 2. The van der Waals surface area contributed by atoms with E-state index >= 15 is 0 Å². The van der Waals surface area contributed by atoms with Crippen molar-refractivity contribution in [2.45, 2.75) is 54.9 Å². The minimum absolute atomic E-state index is 0.138. The van der Waals surface area contributed by atoms with E-state index in [-0.39, 0.29) is 5.56 Å². The van der Waals surface area contributed by atoms with Crippen LogP contribution >= 0.6 is 11.8 Å². The molecule has 0 bridgehead atoms. The van der Waals surface area contributed by atoms with Crippen LogP contribution in [-0.4, -0.2) is 76.4 Å². The van der Waals surface area contributed by atoms with Gasteiger partial charge in [0, 0.05) is 14.1 Å². The van der Waals surface area contributed by atoms with Gasteiger partial charge in [0.1, 0.15) is 29.8 Å². The van der Waals surface area contributed by atoms with Crippen LogP contribution in [0.25, 0.3) is 0 Å². The van der Waals surface area contributed by atoms with Gasteiger partial charge < -0.3 is 24.6 Å². The van der Waals surface area contributed by atoms with Gasteiger partial charge >= 0.3 is 12.4 Å². The van der Waals surface area contributed by atoms with Gasteiger partial charge in [-0.1, -0.05) is 23.9 Å². The molecule has 2 N–H and O–H groups in total. The molecule has 1 unspecified atom stereocenters. The molecule has 31 heavy (non-hydrogen) atoms. The van der Waals surface area contributed by atoms with E-state index < -0.39 is 60.4 Å². The van der Waals surface area contributed by atoms with Crippen LogP contribution in [0.15, 0.2) is 29.3 Å². The number of fused-ring (bicyclic) bond motifs is 1. The Bertz CT molecular complexity index is 819. The first-order valence-corrected chi connectivity index (χ1v) is 9.95. The summed E-state index contributed by atoms with van der Waals surface area (Å²) in [5.74, 6) is 0. The Labute approximate surface area is 177 Å². The lowest BCUT2D eigenvalue weighted by Gasteiger charge is -2.41. The lowest BCUT2D eigenvalue weighted by molar-refractivity contribution is -0.287. The summed E-state index contributed by atoms with van der Waals surface area (Å²) in [5.41, 5.74) is -2.15. The topological polar surface area (TPSA) is 74.5 Å². The Hall–Kier alpha value is -1.54. The minimum Gasteiger partial charge on any atom is -0.388 e. The third-order valence-corrected chi connectivity index (χ3v) is 6.08. The first-order valence-electron chi connectivity index (χ1n) is 9.07. The molecule has 2 aliphatic rings. The van der Waals surface area contributed by atoms with Crippen molar-refractivity contribution in [1.29, 1.82) is 0 Å². The number of thioether (sulfide) groups is 1. The van der Waals surface area contributed by atoms with Crippen LogP contribution in [0.3, 0.4) is 0 Å². The molecule has 0 aliphatic carbocycles. The number of aliphatic imine (C=N–C) groups is 1. The number of aliphatic hydroxyl groups is 2. The van der Waals surface area contributed by atoms with Gasteiger partial charge in [0.05, 0.1) is 12.2 Å². The van der Waals surface area contributed by atoms with Crippen LogP contribution in [0.1, 0.15) is 11.1 Å². The van der Waals surface area contributed by atoms with Gasteiger partial charge in [-0.3, -0.25) is 4.99 Å². The van der Waals surface area contributed by atoms with Crippen molar-refractivity contribution in [3.05, 3.63) is 35.4 Å². The Kier molecular flexibility index (Phi) is 6.82. The van der Waals surface area contributed by atoms with Crippen LogP contribution in [-0.2, 0) is 22.3 Å². The molecule has 1 fully saturated rings. The summed E-state index contributed by atoms with van der Waals surface area (Å²) in [4.78, 5) is 5.75. The second-order valence-electron chi connectivity index (χ2n) is 7.34. The summed E-state index contributed by atoms with van der Waals surface area (Å²) in [6.07, 6.45) is -18.0. The zero-order valence-corrected chi connectivity index (χ0v) is 17.1. The van der Waals surface area contributed by atoms with Gasteiger partial charge in [0.2, 0.25) is 0 Å². The standard InChI is InChI=1S/C18H20F6N2O4S/c1-26(2)16-25-10-11(27)12(28)13(30-15(10)31-16)14(18(22,23)24)29-7-8-4-3-5-9(6-8)17(19,20)21/h3-6,10-15,27-28H,7H2,1-2H3/t10-,11-,12+,13+,14?,15-/m1/s1. The SMILES string of the molecule is CN(C)C1=N[C@@H]2[C@@H](O)[C@H](O)[C@@H](C(OCc3cccc(C(F)(F)F)c3)C(F)(F)F)O[C@@H]2S1. The fraction of sp³-hybridized carbons (Fsp3) is 0.611. The van der Waals surface area contributed by atoms with Gasteiger partial charge in [-0.2, -0.15) is 26.3 Å². The largest absolute Gasteiger partial charge is 0.417 e. The van der Waals surface area contributed by atoms with E-state index in [0.717, 1.165) is 23.9 Å². The molecular weight excluding hydrogens is 454 g/mol. The first-order chi connectivity index (χ1) is 14.3. The Morgan fingerprint density at radius 2 is 1.84 bits per heavy atom. The Morgan fingerprint density at radius 3 is 2.42 bits per heavy atom. The average Bonchev–Trinajstić information content (AvgIpc) is 3.09. The summed E-state index contributed by atoms with van der Waals surface area (Å²) < 4.78 is 89.9. The van der Waals surface area contributed by atoms with Crippen LogP contribution in [0.5, 0.6) is 0 Å². The monoisotopic (exact) mass is 474 g/mol. The van der Waals surface area contributed by atoms with Gasteiger partial charge in [0.25, 0.3) is 0 Å². The number of alkyl halides is 6. The maximum Gasteiger partial charge on any atom is 0.417 e. The van der Waals surface area contributed by atoms with E-state index in [1.165, 1.54) is 6.07 Å². The normalized spacial score (nSPS) is 30.0. The molecule has 1 aromatic rings. The fourth-order valence-corrected chi connectivity index (χ4v) is 4.39. The molecule has 0 amide bonds. The van der Waals surface area contributed by atoms with Crippen molar-refractivity contribution in [3.8, 4) is 0 Å². The van der Waals surface area contributed by atoms with Crippen molar-refractivity contribution >= 4 is 16.9 Å². The lowest BCUT2D eigenvalue weighted by Crippen LogP contribution is -2.61. The molecule has 3 rings (SSSR count). The summed E-state index contributed by atoms with van der Waals surface area (Å²) in [6, 6.07) is 2.75. The summed E-state index contributed by atoms with van der Waals surface area (Å²) in [5, 5.41) is 21.0. The van der Waals surface area contributed by atoms with Crippen LogP contribution in [0.2, 0.25) is 0 Å². The molecule has 1 aromatic carbocycles. The second kappa shape index (κ2) is 8.77. The maximum absolute atomic E-state index is 13.7. The van der Waals surface area contributed by atoms with Crippen LogP contribution in [0.4, 0.5) is 26.3 Å². The third kappa shape index (κ3) is 5.28. The third-order valence-electron chi connectivity index (χ3n) is 4.78. The second-order valence-corrected chi connectivity index (χ2v) is 8.40. The van der Waals surface area contributed by atoms with E-state index in [1.54, 1.807) is 19.0 Å². The van der Waals surface area contributed by atoms with E-state index in [1.807, 2.05) is 0 Å². The maximum atomic E-state index is 13.7. The average molecular weight is 474 g/mol. The van der Waals surface area contributed by atoms with E-state index in [4.69, 9.17) is 9.47 Å². The number of benzene rings is 1. The Morgan fingerprint density at radius 1 is 1.16 bits per heavy atom. The number of nitrogens with zero attached hydrogens (tertiary/aromatic N) is 2. The highest BCUT2D eigenvalue weighted by Crippen LogP contribution is 2.41. The number of hydrogen-bond acceptors (Lipinski definition) is 7. The predicted molar refractivity (Wildman–Crippen MR) is 99.3 cm³/mol. The van der Waals surface area contributed by atoms with Crippen molar-refractivity contribution in [2.24, 2.45) is 4.99 Å². The highest BCUT2D eigenvalue weighted by atomic mass is 32.2. The molecule has 6 nitrogen and oxygen atoms in total. The number of amidine groups is 1. The van der Waals surface area contributed by atoms with E-state index in [9.17, 15) is 36.6 Å². The summed E-state index contributed by atoms with van der Waals surface area (Å²) in [6.45, 7) is -0.808. The van der Waals surface area contributed by atoms with Gasteiger partial charge in [-0.15, -0.1) is 0 Å². The fourth-order valence-electron chi connectivity index (χ4n) is 3.24. The van der Waals surface area contributed by atoms with Crippen LogP contribution < -0.4 is 0 Å². The van der Waals surface area contributed by atoms with Crippen molar-refractivity contribution < 1.29 is 46.0 Å². The van der Waals surface area contributed by atoms with Gasteiger partial charge in [-0.05, 0) is 17.7 Å². The molecule has 2 aliphatic heterocycles. The minimum atomic E-state index is -5.02. The molecule has 13 heteroatoms. The van der Waals surface area contributed by atoms with E-state index in [0.29, 0.717) is 11.2 Å². The smallest absolute Gasteiger partial charge is 0.388 e. The molecule has 1 saturated heterocycles. The van der Waals surface area contributed by atoms with Crippen LogP contribution in [0, 0.1) is 0 Å². The summed E-state index contributed by atoms with van der Waals surface area (Å²) in [7, 11) is 3.31. The predicted octanol–water partition coefficient (Wildman–Crippen LogP) is 2.63. The molecule has 0 radical (unpaired) electrons. The number of aliphatic hydroxyl groups excluding tert-OH is 2. The zero-order chi connectivity index (χ0) is 23.1. The quantitative estimate of drug-likeness (QED) is 0.654. The number of halogens is 6. The summed E-state index contributed by atoms with van der Waals surface area (Å²) >= 11 is 0.994. The lowest BCUT2D eigenvalue weighted by atomic mass is 9.94. The molecule has 6 atom stereocenters. The molecular formula is C18H20F6N2O4S. The highest BCUT2D eigenvalue weighted by Gasteiger charge is 2.57. The van der Waals surface area contributed by atoms with Crippen molar-refractivity contribution in [3.63, 3.8) is 0 Å². The van der Waals surface area contributed by atoms with Crippen molar-refractivity contribution in [1.82, 2.24) is 4.90 Å². The molecule has 174 valence electrons. The zero-order valence-electron chi connectivity index (χ0n) is 16.3. The van der Waals surface area contributed by atoms with E-state index in [2.05, 4.69) is 4.99 Å². The number of rotatable bonds is 4. The van der Waals surface area contributed by atoms with Gasteiger partial charge in [0.15, 0.2) is 11.3 Å². The Balaban J connectivity index is 1.78. The van der Waals surface area contributed by atoms with Crippen molar-refractivity contribution in [2.75, 3.05) is 14.1 Å². The highest BCUT2D eigenvalue weighted by molar-refractivity contribution is 8.14. The molecule has 0 saturated carbocycles. The number of hydrogen-bond donors (Lipinski definition) is 2. The molecule has 0 spiro atoms. The van der Waals surface area contributed by atoms with Gasteiger partial charge in [-0.25, -0.2) is 0 Å².